The summed E-state index contributed by atoms with van der Waals surface area (Å²) in [5.41, 5.74) is 0. The first-order chi connectivity index (χ1) is 8.34. The standard InChI is InChI=1S/C13H22N2O3/c1-9(2)11(16)10(3)12(17)13(18)15-7-5-14(4)6-8-15/h9-10H,5-8H2,1-4H3. The maximum absolute atomic E-state index is 12.0. The van der Waals surface area contributed by atoms with Crippen molar-refractivity contribution < 1.29 is 14.4 Å². The second-order valence-electron chi connectivity index (χ2n) is 5.24. The van der Waals surface area contributed by atoms with Crippen LogP contribution in [0.15, 0.2) is 0 Å². The zero-order chi connectivity index (χ0) is 13.9. The molecule has 5 heteroatoms. The number of hydrogen-bond acceptors (Lipinski definition) is 4. The SMILES string of the molecule is CC(C)C(=O)C(C)C(=O)C(=O)N1CCN(C)CC1. The van der Waals surface area contributed by atoms with Gasteiger partial charge in [0, 0.05) is 32.1 Å². The molecule has 0 spiro atoms. The number of carbonyl (C=O) groups is 3. The lowest BCUT2D eigenvalue weighted by Crippen LogP contribution is -2.50. The van der Waals surface area contributed by atoms with E-state index in [1.54, 1.807) is 18.7 Å². The van der Waals surface area contributed by atoms with Crippen LogP contribution < -0.4 is 0 Å². The molecule has 0 aliphatic carbocycles. The van der Waals surface area contributed by atoms with Crippen LogP contribution in [0.3, 0.4) is 0 Å². The van der Waals surface area contributed by atoms with E-state index in [0.717, 1.165) is 13.1 Å². The molecule has 0 radical (unpaired) electrons. The first kappa shape index (κ1) is 14.8. The predicted molar refractivity (Wildman–Crippen MR) is 68.1 cm³/mol. The number of rotatable bonds is 4. The predicted octanol–water partition coefficient (Wildman–Crippen LogP) is 0.191. The molecule has 1 atom stereocenters. The molecular formula is C13H22N2O3. The van der Waals surface area contributed by atoms with Crippen LogP contribution in [0.4, 0.5) is 0 Å². The van der Waals surface area contributed by atoms with E-state index in [0.29, 0.717) is 13.1 Å². The normalized spacial score (nSPS) is 18.8. The minimum Gasteiger partial charge on any atom is -0.334 e. The van der Waals surface area contributed by atoms with Crippen LogP contribution in [0.5, 0.6) is 0 Å². The first-order valence-electron chi connectivity index (χ1n) is 6.40. The van der Waals surface area contributed by atoms with E-state index in [4.69, 9.17) is 0 Å². The van der Waals surface area contributed by atoms with Gasteiger partial charge in [0.05, 0.1) is 5.92 Å². The van der Waals surface area contributed by atoms with Crippen molar-refractivity contribution in [1.82, 2.24) is 9.80 Å². The van der Waals surface area contributed by atoms with Gasteiger partial charge in [-0.1, -0.05) is 13.8 Å². The Balaban J connectivity index is 2.61. The van der Waals surface area contributed by atoms with E-state index in [-0.39, 0.29) is 11.7 Å². The minimum absolute atomic E-state index is 0.164. The Bertz CT molecular complexity index is 344. The van der Waals surface area contributed by atoms with Gasteiger partial charge >= 0.3 is 0 Å². The molecule has 18 heavy (non-hydrogen) atoms. The molecule has 0 saturated carbocycles. The van der Waals surface area contributed by atoms with Gasteiger partial charge in [0.1, 0.15) is 5.78 Å². The average molecular weight is 254 g/mol. The molecule has 1 fully saturated rings. The molecule has 102 valence electrons. The summed E-state index contributed by atoms with van der Waals surface area (Å²) >= 11 is 0. The van der Waals surface area contributed by atoms with Crippen LogP contribution in [0.25, 0.3) is 0 Å². The number of amides is 1. The lowest BCUT2D eigenvalue weighted by atomic mass is 9.92. The monoisotopic (exact) mass is 254 g/mol. The van der Waals surface area contributed by atoms with E-state index in [9.17, 15) is 14.4 Å². The molecule has 1 aliphatic heterocycles. The summed E-state index contributed by atoms with van der Waals surface area (Å²) in [6.45, 7) is 7.67. The van der Waals surface area contributed by atoms with Crippen LogP contribution >= 0.6 is 0 Å². The van der Waals surface area contributed by atoms with Crippen molar-refractivity contribution in [3.8, 4) is 0 Å². The molecule has 1 rings (SSSR count). The van der Waals surface area contributed by atoms with Gasteiger partial charge in [0.15, 0.2) is 0 Å². The van der Waals surface area contributed by atoms with Crippen molar-refractivity contribution in [3.05, 3.63) is 0 Å². The summed E-state index contributed by atoms with van der Waals surface area (Å²) in [7, 11) is 1.98. The first-order valence-corrected chi connectivity index (χ1v) is 6.40. The largest absolute Gasteiger partial charge is 0.334 e. The molecule has 0 aromatic rings. The highest BCUT2D eigenvalue weighted by molar-refractivity contribution is 6.40. The third-order valence-corrected chi connectivity index (χ3v) is 3.39. The molecule has 0 bridgehead atoms. The van der Waals surface area contributed by atoms with Crippen molar-refractivity contribution in [3.63, 3.8) is 0 Å². The van der Waals surface area contributed by atoms with Crippen molar-refractivity contribution in [2.24, 2.45) is 11.8 Å². The van der Waals surface area contributed by atoms with Crippen LogP contribution in [0.2, 0.25) is 0 Å². The summed E-state index contributed by atoms with van der Waals surface area (Å²) in [4.78, 5) is 39.3. The van der Waals surface area contributed by atoms with Gasteiger partial charge in [0.25, 0.3) is 5.91 Å². The molecular weight excluding hydrogens is 232 g/mol. The average Bonchev–Trinajstić information content (AvgIpc) is 2.36. The number of nitrogens with zero attached hydrogens (tertiary/aromatic N) is 2. The highest BCUT2D eigenvalue weighted by atomic mass is 16.2. The van der Waals surface area contributed by atoms with Gasteiger partial charge in [-0.25, -0.2) is 0 Å². The van der Waals surface area contributed by atoms with Crippen LogP contribution in [-0.4, -0.2) is 60.5 Å². The maximum atomic E-state index is 12.0. The lowest BCUT2D eigenvalue weighted by Gasteiger charge is -2.32. The summed E-state index contributed by atoms with van der Waals surface area (Å²) in [6, 6.07) is 0. The van der Waals surface area contributed by atoms with Gasteiger partial charge in [-0.3, -0.25) is 14.4 Å². The highest BCUT2D eigenvalue weighted by Gasteiger charge is 2.32. The summed E-state index contributed by atoms with van der Waals surface area (Å²) < 4.78 is 0. The number of Topliss-reactive ketones (excluding diaryl/α,β-unsaturated/α-hetero) is 2. The lowest BCUT2D eigenvalue weighted by molar-refractivity contribution is -0.150. The Morgan fingerprint density at radius 2 is 1.44 bits per heavy atom. The van der Waals surface area contributed by atoms with E-state index < -0.39 is 17.6 Å². The third kappa shape index (κ3) is 3.38. The van der Waals surface area contributed by atoms with Crippen LogP contribution in [0, 0.1) is 11.8 Å². The second-order valence-corrected chi connectivity index (χ2v) is 5.24. The van der Waals surface area contributed by atoms with Crippen LogP contribution in [0.1, 0.15) is 20.8 Å². The maximum Gasteiger partial charge on any atom is 0.290 e. The molecule has 1 unspecified atom stereocenters. The number of likely N-dealkylation sites (N-methyl/N-ethyl adjacent to an activating group) is 1. The molecule has 1 amide bonds. The Labute approximate surface area is 108 Å². The number of piperazine rings is 1. The Morgan fingerprint density at radius 3 is 1.89 bits per heavy atom. The molecule has 0 aromatic heterocycles. The fourth-order valence-electron chi connectivity index (χ4n) is 1.98. The highest BCUT2D eigenvalue weighted by Crippen LogP contribution is 2.10. The van der Waals surface area contributed by atoms with Crippen molar-refractivity contribution in [2.75, 3.05) is 33.2 Å². The molecule has 0 N–H and O–H groups in total. The van der Waals surface area contributed by atoms with Crippen molar-refractivity contribution >= 4 is 17.5 Å². The van der Waals surface area contributed by atoms with Gasteiger partial charge in [-0.05, 0) is 14.0 Å². The van der Waals surface area contributed by atoms with Crippen LogP contribution in [-0.2, 0) is 14.4 Å². The Kier molecular flexibility index (Phi) is 5.02. The second kappa shape index (κ2) is 6.09. The quantitative estimate of drug-likeness (QED) is 0.531. The topological polar surface area (TPSA) is 57.7 Å². The fraction of sp³-hybridized carbons (Fsp3) is 0.769. The van der Waals surface area contributed by atoms with Gasteiger partial charge in [-0.15, -0.1) is 0 Å². The Morgan fingerprint density at radius 1 is 0.944 bits per heavy atom. The Hall–Kier alpha value is -1.23. The zero-order valence-corrected chi connectivity index (χ0v) is 11.6. The fourth-order valence-corrected chi connectivity index (χ4v) is 1.98. The summed E-state index contributed by atoms with van der Waals surface area (Å²) in [5.74, 6) is -2.29. The zero-order valence-electron chi connectivity index (χ0n) is 11.6. The molecule has 1 aliphatic rings. The van der Waals surface area contributed by atoms with E-state index >= 15 is 0 Å². The molecule has 1 heterocycles. The number of hydrogen-bond donors (Lipinski definition) is 0. The van der Waals surface area contributed by atoms with E-state index in [1.165, 1.54) is 6.92 Å². The molecule has 1 saturated heterocycles. The van der Waals surface area contributed by atoms with Gasteiger partial charge < -0.3 is 9.80 Å². The molecule has 5 nitrogen and oxygen atoms in total. The third-order valence-electron chi connectivity index (χ3n) is 3.39. The minimum atomic E-state index is -0.822. The van der Waals surface area contributed by atoms with E-state index in [1.807, 2.05) is 7.05 Å². The van der Waals surface area contributed by atoms with Gasteiger partial charge in [0.2, 0.25) is 5.78 Å². The smallest absolute Gasteiger partial charge is 0.290 e. The van der Waals surface area contributed by atoms with Crippen molar-refractivity contribution in [2.45, 2.75) is 20.8 Å². The summed E-state index contributed by atoms with van der Waals surface area (Å²) in [5, 5.41) is 0. The molecule has 0 aromatic carbocycles. The number of carbonyl (C=O) groups excluding carboxylic acids is 3. The summed E-state index contributed by atoms with van der Waals surface area (Å²) in [6.07, 6.45) is 0. The number of ketones is 2. The van der Waals surface area contributed by atoms with Crippen molar-refractivity contribution in [1.29, 1.82) is 0 Å². The van der Waals surface area contributed by atoms with E-state index in [2.05, 4.69) is 4.90 Å². The van der Waals surface area contributed by atoms with Gasteiger partial charge in [-0.2, -0.15) is 0 Å².